The number of benzene rings is 2. The summed E-state index contributed by atoms with van der Waals surface area (Å²) in [5.74, 6) is -0.457. The number of anilines is 2. The van der Waals surface area contributed by atoms with E-state index in [0.717, 1.165) is 4.57 Å². The maximum Gasteiger partial charge on any atom is 0.450 e. The maximum atomic E-state index is 13.6. The molecule has 0 aliphatic rings. The van der Waals surface area contributed by atoms with Crippen molar-refractivity contribution < 1.29 is 17.9 Å². The predicted molar refractivity (Wildman–Crippen MR) is 103 cm³/mol. The molecule has 2 aromatic heterocycles. The lowest BCUT2D eigenvalue weighted by atomic mass is 10.3. The first-order valence-corrected chi connectivity index (χ1v) is 8.73. The van der Waals surface area contributed by atoms with Crippen LogP contribution in [-0.4, -0.2) is 26.6 Å². The molecule has 0 bridgehead atoms. The summed E-state index contributed by atoms with van der Waals surface area (Å²) in [7, 11) is 1.50. The Hall–Kier alpha value is -3.33. The summed E-state index contributed by atoms with van der Waals surface area (Å²) in [4.78, 5) is 12.0. The van der Waals surface area contributed by atoms with Crippen molar-refractivity contribution in [1.29, 1.82) is 0 Å². The standard InChI is InChI=1S/C19H13ClF3N5O/c1-29-15-7-6-11(10-12(15)20)25-16-8-9-24-18(27-16)28-14-5-3-2-4-13(14)26-17(28)19(21,22)23/h2-10H,1H3,(H,24,25,27). The van der Waals surface area contributed by atoms with E-state index >= 15 is 0 Å². The van der Waals surface area contributed by atoms with Gasteiger partial charge in [0.25, 0.3) is 0 Å². The summed E-state index contributed by atoms with van der Waals surface area (Å²) < 4.78 is 46.7. The number of nitrogens with one attached hydrogen (secondary N) is 1. The molecular formula is C19H13ClF3N5O. The summed E-state index contributed by atoms with van der Waals surface area (Å²) in [6.07, 6.45) is -3.31. The van der Waals surface area contributed by atoms with Crippen LogP contribution in [-0.2, 0) is 6.18 Å². The monoisotopic (exact) mass is 419 g/mol. The van der Waals surface area contributed by atoms with Crippen molar-refractivity contribution in [3.8, 4) is 11.7 Å². The van der Waals surface area contributed by atoms with Gasteiger partial charge in [-0.3, -0.25) is 4.57 Å². The number of halogens is 4. The van der Waals surface area contributed by atoms with Gasteiger partial charge in [-0.2, -0.15) is 18.2 Å². The van der Waals surface area contributed by atoms with Gasteiger partial charge >= 0.3 is 6.18 Å². The molecule has 0 saturated heterocycles. The van der Waals surface area contributed by atoms with Gasteiger partial charge < -0.3 is 10.1 Å². The minimum Gasteiger partial charge on any atom is -0.495 e. The number of alkyl halides is 3. The Morgan fingerprint density at radius 2 is 1.86 bits per heavy atom. The average molecular weight is 420 g/mol. The molecule has 0 fully saturated rings. The van der Waals surface area contributed by atoms with Gasteiger partial charge in [-0.15, -0.1) is 0 Å². The molecular weight excluding hydrogens is 407 g/mol. The molecule has 0 atom stereocenters. The van der Waals surface area contributed by atoms with Gasteiger partial charge in [-0.1, -0.05) is 23.7 Å². The van der Waals surface area contributed by atoms with Crippen molar-refractivity contribution in [2.45, 2.75) is 6.18 Å². The van der Waals surface area contributed by atoms with Crippen LogP contribution in [0.5, 0.6) is 5.75 Å². The molecule has 0 unspecified atom stereocenters. The fraction of sp³-hybridized carbons (Fsp3) is 0.105. The van der Waals surface area contributed by atoms with Gasteiger partial charge in [-0.05, 0) is 36.4 Å². The summed E-state index contributed by atoms with van der Waals surface area (Å²) in [5.41, 5.74) is 1.04. The van der Waals surface area contributed by atoms with Crippen molar-refractivity contribution in [2.24, 2.45) is 0 Å². The second-order valence-electron chi connectivity index (χ2n) is 5.97. The summed E-state index contributed by atoms with van der Waals surface area (Å²) in [5, 5.41) is 3.38. The fourth-order valence-corrected chi connectivity index (χ4v) is 3.09. The van der Waals surface area contributed by atoms with Gasteiger partial charge in [0, 0.05) is 11.9 Å². The van der Waals surface area contributed by atoms with Crippen molar-refractivity contribution in [3.63, 3.8) is 0 Å². The van der Waals surface area contributed by atoms with Crippen LogP contribution in [0.15, 0.2) is 54.7 Å². The largest absolute Gasteiger partial charge is 0.495 e. The van der Waals surface area contributed by atoms with Gasteiger partial charge in [-0.25, -0.2) is 9.97 Å². The summed E-state index contributed by atoms with van der Waals surface area (Å²) in [6, 6.07) is 12.8. The molecule has 4 rings (SSSR count). The molecule has 29 heavy (non-hydrogen) atoms. The molecule has 2 aromatic carbocycles. The minimum atomic E-state index is -4.67. The van der Waals surface area contributed by atoms with Crippen molar-refractivity contribution >= 4 is 34.1 Å². The molecule has 6 nitrogen and oxygen atoms in total. The number of para-hydroxylation sites is 2. The van der Waals surface area contributed by atoms with E-state index in [2.05, 4.69) is 20.3 Å². The van der Waals surface area contributed by atoms with Crippen LogP contribution in [0.2, 0.25) is 5.02 Å². The fourth-order valence-electron chi connectivity index (χ4n) is 2.84. The number of aromatic nitrogens is 4. The molecule has 0 aliphatic carbocycles. The first-order chi connectivity index (χ1) is 13.9. The molecule has 2 heterocycles. The van der Waals surface area contributed by atoms with Crippen molar-refractivity contribution in [2.75, 3.05) is 12.4 Å². The molecule has 0 saturated carbocycles. The quantitative estimate of drug-likeness (QED) is 0.490. The lowest BCUT2D eigenvalue weighted by Gasteiger charge is -2.12. The van der Waals surface area contributed by atoms with E-state index < -0.39 is 12.0 Å². The highest BCUT2D eigenvalue weighted by Gasteiger charge is 2.38. The van der Waals surface area contributed by atoms with Gasteiger partial charge in [0.1, 0.15) is 11.6 Å². The highest BCUT2D eigenvalue weighted by molar-refractivity contribution is 6.32. The van der Waals surface area contributed by atoms with E-state index in [9.17, 15) is 13.2 Å². The highest BCUT2D eigenvalue weighted by atomic mass is 35.5. The number of methoxy groups -OCH3 is 1. The topological polar surface area (TPSA) is 64.9 Å². The number of hydrogen-bond acceptors (Lipinski definition) is 5. The second kappa shape index (κ2) is 7.25. The highest BCUT2D eigenvalue weighted by Crippen LogP contribution is 2.33. The van der Waals surface area contributed by atoms with Gasteiger partial charge in [0.2, 0.25) is 11.8 Å². The van der Waals surface area contributed by atoms with Crippen LogP contribution < -0.4 is 10.1 Å². The smallest absolute Gasteiger partial charge is 0.450 e. The van der Waals surface area contributed by atoms with Crippen LogP contribution in [0.1, 0.15) is 5.82 Å². The normalized spacial score (nSPS) is 11.6. The third-order valence-electron chi connectivity index (χ3n) is 4.08. The molecule has 10 heteroatoms. The Morgan fingerprint density at radius 3 is 2.59 bits per heavy atom. The van der Waals surface area contributed by atoms with Gasteiger partial charge in [0.15, 0.2) is 0 Å². The predicted octanol–water partition coefficient (Wildman–Crippen LogP) is 5.24. The Balaban J connectivity index is 1.77. The van der Waals surface area contributed by atoms with Crippen molar-refractivity contribution in [1.82, 2.24) is 19.5 Å². The zero-order valence-electron chi connectivity index (χ0n) is 14.9. The van der Waals surface area contributed by atoms with E-state index in [1.54, 1.807) is 30.3 Å². The lowest BCUT2D eigenvalue weighted by molar-refractivity contribution is -0.145. The van der Waals surface area contributed by atoms with Crippen LogP contribution in [0.3, 0.4) is 0 Å². The Labute approximate surface area is 167 Å². The lowest BCUT2D eigenvalue weighted by Crippen LogP contribution is -2.15. The van der Waals surface area contributed by atoms with Crippen LogP contribution >= 0.6 is 11.6 Å². The number of ether oxygens (including phenoxy) is 1. The molecule has 148 valence electrons. The Bertz CT molecular complexity index is 1190. The zero-order chi connectivity index (χ0) is 20.6. The van der Waals surface area contributed by atoms with E-state index in [4.69, 9.17) is 16.3 Å². The van der Waals surface area contributed by atoms with Crippen LogP contribution in [0.4, 0.5) is 24.7 Å². The summed E-state index contributed by atoms with van der Waals surface area (Å²) in [6.45, 7) is 0. The molecule has 0 aliphatic heterocycles. The van der Waals surface area contributed by atoms with Crippen LogP contribution in [0.25, 0.3) is 17.0 Å². The third kappa shape index (κ3) is 3.68. The number of imidazole rings is 1. The van der Waals surface area contributed by atoms with E-state index in [1.807, 2.05) is 0 Å². The number of fused-ring (bicyclic) bond motifs is 1. The molecule has 4 aromatic rings. The molecule has 0 radical (unpaired) electrons. The van der Waals surface area contributed by atoms with Gasteiger partial charge in [0.05, 0.1) is 23.2 Å². The molecule has 0 spiro atoms. The minimum absolute atomic E-state index is 0.157. The number of rotatable bonds is 4. The van der Waals surface area contributed by atoms with Crippen molar-refractivity contribution in [3.05, 3.63) is 65.6 Å². The zero-order valence-corrected chi connectivity index (χ0v) is 15.7. The molecule has 0 amide bonds. The maximum absolute atomic E-state index is 13.6. The Morgan fingerprint density at radius 1 is 1.07 bits per heavy atom. The van der Waals surface area contributed by atoms with E-state index in [1.165, 1.54) is 31.5 Å². The average Bonchev–Trinajstić information content (AvgIpc) is 3.08. The summed E-state index contributed by atoms with van der Waals surface area (Å²) >= 11 is 6.11. The second-order valence-corrected chi connectivity index (χ2v) is 6.38. The van der Waals surface area contributed by atoms with Crippen LogP contribution in [0, 0.1) is 0 Å². The molecule has 1 N–H and O–H groups in total. The van der Waals surface area contributed by atoms with E-state index in [0.29, 0.717) is 22.3 Å². The number of nitrogens with zero attached hydrogens (tertiary/aromatic N) is 4. The first kappa shape index (κ1) is 19.0. The van der Waals surface area contributed by atoms with E-state index in [-0.39, 0.29) is 17.0 Å². The Kier molecular flexibility index (Phi) is 4.75. The SMILES string of the molecule is COc1ccc(Nc2ccnc(-n3c(C(F)(F)F)nc4ccccc43)n2)cc1Cl. The first-order valence-electron chi connectivity index (χ1n) is 8.35. The number of hydrogen-bond donors (Lipinski definition) is 1. The third-order valence-corrected chi connectivity index (χ3v) is 4.38.